The van der Waals surface area contributed by atoms with Gasteiger partial charge in [0.1, 0.15) is 17.7 Å². The van der Waals surface area contributed by atoms with Crippen LogP contribution in [0.3, 0.4) is 0 Å². The fourth-order valence-corrected chi connectivity index (χ4v) is 6.87. The number of nitrogens with zero attached hydrogens (tertiary/aromatic N) is 1. The molecule has 15 heteroatoms. The summed E-state index contributed by atoms with van der Waals surface area (Å²) in [5.41, 5.74) is 0.475. The number of benzene rings is 3. The van der Waals surface area contributed by atoms with Gasteiger partial charge in [0.05, 0.1) is 32.0 Å². The first-order valence-electron chi connectivity index (χ1n) is 18.2. The van der Waals surface area contributed by atoms with Gasteiger partial charge in [-0.3, -0.25) is 23.9 Å². The molecule has 3 aromatic carbocycles. The highest BCUT2D eigenvalue weighted by molar-refractivity contribution is 5.91. The zero-order chi connectivity index (χ0) is 40.3. The number of amides is 2. The Labute approximate surface area is 321 Å². The molecule has 3 atom stereocenters. The molecule has 1 fully saturated rings. The summed E-state index contributed by atoms with van der Waals surface area (Å²) in [5, 5.41) is 16.0. The van der Waals surface area contributed by atoms with Crippen LogP contribution in [-0.4, -0.2) is 72.2 Å². The van der Waals surface area contributed by atoms with Crippen molar-refractivity contribution in [3.05, 3.63) is 134 Å². The molecule has 3 unspecified atom stereocenters. The fraction of sp³-hybridized carbons (Fsp3) is 0.366. The normalized spacial score (nSPS) is 17.1. The molecule has 0 radical (unpaired) electrons. The van der Waals surface area contributed by atoms with Gasteiger partial charge >= 0.3 is 17.8 Å². The summed E-state index contributed by atoms with van der Waals surface area (Å²) in [6.45, 7) is 0.179. The van der Waals surface area contributed by atoms with Gasteiger partial charge in [-0.15, -0.1) is 0 Å². The van der Waals surface area contributed by atoms with Crippen LogP contribution in [0.5, 0.6) is 11.5 Å². The third kappa shape index (κ3) is 10.1. The van der Waals surface area contributed by atoms with Crippen LogP contribution in [-0.2, 0) is 19.7 Å². The van der Waals surface area contributed by atoms with E-state index in [2.05, 4.69) is 10.3 Å². The van der Waals surface area contributed by atoms with Crippen molar-refractivity contribution in [3.8, 4) is 11.5 Å². The van der Waals surface area contributed by atoms with Gasteiger partial charge in [-0.25, -0.2) is 4.79 Å². The molecule has 5 rings (SSSR count). The Bertz CT molecular complexity index is 2020. The number of carbonyl (C=O) groups is 2. The Morgan fingerprint density at radius 3 is 1.96 bits per heavy atom. The van der Waals surface area contributed by atoms with Crippen molar-refractivity contribution in [2.75, 3.05) is 27.3 Å². The summed E-state index contributed by atoms with van der Waals surface area (Å²) in [4.78, 5) is 51.4. The summed E-state index contributed by atoms with van der Waals surface area (Å²) in [6, 6.07) is 25.3. The predicted molar refractivity (Wildman–Crippen MR) is 202 cm³/mol. The van der Waals surface area contributed by atoms with E-state index in [1.165, 1.54) is 16.8 Å². The van der Waals surface area contributed by atoms with E-state index >= 15 is 0 Å². The van der Waals surface area contributed by atoms with E-state index in [9.17, 15) is 37.5 Å². The van der Waals surface area contributed by atoms with Crippen LogP contribution in [0.15, 0.2) is 101 Å². The van der Waals surface area contributed by atoms with Crippen LogP contribution < -0.4 is 31.4 Å². The highest BCUT2D eigenvalue weighted by Gasteiger charge is 2.45. The van der Waals surface area contributed by atoms with Gasteiger partial charge in [0, 0.05) is 37.2 Å². The van der Waals surface area contributed by atoms with Crippen LogP contribution in [0.25, 0.3) is 6.08 Å². The second kappa shape index (κ2) is 18.8. The second-order valence-corrected chi connectivity index (χ2v) is 13.4. The van der Waals surface area contributed by atoms with Crippen LogP contribution in [0.1, 0.15) is 67.0 Å². The first-order valence-corrected chi connectivity index (χ1v) is 18.2. The lowest BCUT2D eigenvalue weighted by atomic mass is 9.66. The molecular formula is C41H45F3N4O8. The maximum absolute atomic E-state index is 13.1. The lowest BCUT2D eigenvalue weighted by Gasteiger charge is -2.38. The Morgan fingerprint density at radius 2 is 1.41 bits per heavy atom. The van der Waals surface area contributed by atoms with Crippen LogP contribution >= 0.6 is 0 Å². The molecule has 1 aliphatic rings. The number of H-pyrrole nitrogens is 1. The van der Waals surface area contributed by atoms with E-state index in [-0.39, 0.29) is 31.5 Å². The lowest BCUT2D eigenvalue weighted by Crippen LogP contribution is -2.37. The number of hydrogen-bond acceptors (Lipinski definition) is 8. The molecule has 56 heavy (non-hydrogen) atoms. The van der Waals surface area contributed by atoms with Crippen LogP contribution in [0.2, 0.25) is 0 Å². The van der Waals surface area contributed by atoms with Crippen molar-refractivity contribution in [2.24, 2.45) is 0 Å². The van der Waals surface area contributed by atoms with Gasteiger partial charge in [0.2, 0.25) is 5.91 Å². The van der Waals surface area contributed by atoms with E-state index in [4.69, 9.17) is 14.2 Å². The molecule has 298 valence electrons. The molecule has 4 aromatic rings. The molecule has 2 heterocycles. The Hall–Kier alpha value is -5.67. The summed E-state index contributed by atoms with van der Waals surface area (Å²) in [5.74, 6) is -1.12. The average Bonchev–Trinajstić information content (AvgIpc) is 3.56. The molecule has 12 nitrogen and oxygen atoms in total. The zero-order valence-electron chi connectivity index (χ0n) is 31.0. The van der Waals surface area contributed by atoms with Crippen molar-refractivity contribution in [2.45, 2.75) is 68.6 Å². The number of nitrogens with one attached hydrogen (secondary N) is 3. The molecule has 1 aromatic heterocycles. The Morgan fingerprint density at radius 1 is 0.857 bits per heavy atom. The van der Waals surface area contributed by atoms with E-state index in [0.717, 1.165) is 22.8 Å². The second-order valence-electron chi connectivity index (χ2n) is 13.4. The minimum atomic E-state index is -4.91. The maximum atomic E-state index is 13.1. The molecule has 0 bridgehead atoms. The van der Waals surface area contributed by atoms with Gasteiger partial charge < -0.3 is 30.0 Å². The molecule has 0 spiro atoms. The number of alkyl halides is 3. The summed E-state index contributed by atoms with van der Waals surface area (Å²) in [7, 11) is 3.19. The first kappa shape index (κ1) is 41.5. The molecule has 4 N–H and O–H groups in total. The van der Waals surface area contributed by atoms with Gasteiger partial charge in [-0.05, 0) is 66.3 Å². The quantitative estimate of drug-likeness (QED) is 0.0663. The third-order valence-electron chi connectivity index (χ3n) is 9.81. The van der Waals surface area contributed by atoms with Crippen molar-refractivity contribution in [3.63, 3.8) is 0 Å². The number of unbranched alkanes of at least 4 members (excludes halogenated alkanes) is 3. The Balaban J connectivity index is 1.30. The number of carbonyl (C=O) groups excluding carboxylic acids is 2. The number of aromatic nitrogens is 2. The number of halogens is 3. The summed E-state index contributed by atoms with van der Waals surface area (Å²) in [6.07, 6.45) is -1.54. The number of rotatable bonds is 17. The smallest absolute Gasteiger partial charge is 0.471 e. The fourth-order valence-electron chi connectivity index (χ4n) is 6.87. The monoisotopic (exact) mass is 778 g/mol. The molecule has 0 saturated carbocycles. The van der Waals surface area contributed by atoms with Crippen molar-refractivity contribution >= 4 is 17.9 Å². The summed E-state index contributed by atoms with van der Waals surface area (Å²) < 4.78 is 55.3. The van der Waals surface area contributed by atoms with E-state index in [1.54, 1.807) is 14.2 Å². The first-order chi connectivity index (χ1) is 26.8. The average molecular weight is 779 g/mol. The number of aliphatic hydroxyl groups is 1. The largest absolute Gasteiger partial charge is 0.497 e. The highest BCUT2D eigenvalue weighted by Crippen LogP contribution is 2.47. The van der Waals surface area contributed by atoms with Crippen molar-refractivity contribution in [1.82, 2.24) is 20.2 Å². The minimum absolute atomic E-state index is 0.0114. The number of aliphatic hydroxyl groups excluding tert-OH is 1. The van der Waals surface area contributed by atoms with Gasteiger partial charge in [-0.2, -0.15) is 13.2 Å². The minimum Gasteiger partial charge on any atom is -0.497 e. The zero-order valence-corrected chi connectivity index (χ0v) is 31.0. The van der Waals surface area contributed by atoms with E-state index < -0.39 is 53.1 Å². The van der Waals surface area contributed by atoms with Crippen LogP contribution in [0.4, 0.5) is 13.2 Å². The third-order valence-corrected chi connectivity index (χ3v) is 9.81. The molecular weight excluding hydrogens is 733 g/mol. The lowest BCUT2D eigenvalue weighted by molar-refractivity contribution is -0.173. The maximum Gasteiger partial charge on any atom is 0.471 e. The van der Waals surface area contributed by atoms with Crippen LogP contribution in [0, 0.1) is 0 Å². The SMILES string of the molecule is COc1ccc(C(CC2OC(n3cc(C=CC(=O)NCCCCCCNC(=O)C(F)(F)F)c(=O)[nH]c3=O)CC2O)(c2ccccc2)c2ccc(OC)cc2)cc1. The van der Waals surface area contributed by atoms with Crippen molar-refractivity contribution in [1.29, 1.82) is 0 Å². The molecule has 0 aliphatic carbocycles. The molecule has 1 saturated heterocycles. The standard InChI is InChI=1S/C41H45F3N4O8/c1-54-31-17-13-29(14-18-31)40(28-10-6-5-7-11-28,30-15-19-32(55-2)20-16-30)25-34-33(49)24-36(56-34)48-26-27(37(51)47-39(48)53)12-21-35(50)45-22-8-3-4-9-23-46-38(52)41(42,43)44/h5-7,10-21,26,33-34,36,49H,3-4,8-9,22-25H2,1-2H3,(H,45,50)(H,46,52)(H,47,51,53). The number of methoxy groups -OCH3 is 2. The van der Waals surface area contributed by atoms with E-state index in [0.29, 0.717) is 37.2 Å². The predicted octanol–water partition coefficient (Wildman–Crippen LogP) is 5.00. The van der Waals surface area contributed by atoms with Gasteiger partial charge in [-0.1, -0.05) is 67.4 Å². The number of aromatic amines is 1. The van der Waals surface area contributed by atoms with Gasteiger partial charge in [0.25, 0.3) is 5.56 Å². The molecule has 1 aliphatic heterocycles. The topological polar surface area (TPSA) is 161 Å². The summed E-state index contributed by atoms with van der Waals surface area (Å²) >= 11 is 0. The van der Waals surface area contributed by atoms with Crippen molar-refractivity contribution < 1.29 is 42.1 Å². The Kier molecular flexibility index (Phi) is 13.9. The molecule has 2 amide bonds. The highest BCUT2D eigenvalue weighted by atomic mass is 19.4. The van der Waals surface area contributed by atoms with E-state index in [1.807, 2.05) is 84.2 Å². The number of ether oxygens (including phenoxy) is 3. The van der Waals surface area contributed by atoms with Gasteiger partial charge in [0.15, 0.2) is 0 Å². The number of hydrogen-bond donors (Lipinski definition) is 4.